The SMILES string of the molecule is NC(=O)[C@@H](N)CCCCN(Cc1ccc(B(O)O)cc1C(F)(F)F)C(=O)c1cccc([N+](=O)[O-])c1. The Kier molecular flexibility index (Phi) is 9.34. The Hall–Kier alpha value is -3.49. The topological polar surface area (TPSA) is 173 Å². The molecule has 0 aliphatic heterocycles. The molecule has 0 spiro atoms. The molecule has 0 aliphatic carbocycles. The number of carbonyl (C=O) groups is 2. The van der Waals surface area contributed by atoms with Gasteiger partial charge in [0, 0.05) is 30.8 Å². The second-order valence-corrected chi connectivity index (χ2v) is 7.83. The number of hydrogen-bond acceptors (Lipinski definition) is 7. The van der Waals surface area contributed by atoms with Crippen molar-refractivity contribution in [3.05, 3.63) is 69.3 Å². The number of alkyl halides is 3. The summed E-state index contributed by atoms with van der Waals surface area (Å²) in [6.07, 6.45) is -4.05. The largest absolute Gasteiger partial charge is 0.488 e. The van der Waals surface area contributed by atoms with Crippen molar-refractivity contribution in [3.63, 3.8) is 0 Å². The fourth-order valence-electron chi connectivity index (χ4n) is 3.36. The van der Waals surface area contributed by atoms with Crippen molar-refractivity contribution in [2.45, 2.75) is 38.0 Å². The van der Waals surface area contributed by atoms with Gasteiger partial charge in [-0.05, 0) is 42.4 Å². The molecule has 2 aromatic rings. The van der Waals surface area contributed by atoms with Gasteiger partial charge in [-0.25, -0.2) is 0 Å². The second-order valence-electron chi connectivity index (χ2n) is 7.83. The van der Waals surface area contributed by atoms with Gasteiger partial charge in [0.2, 0.25) is 5.91 Å². The van der Waals surface area contributed by atoms with Gasteiger partial charge in [-0.1, -0.05) is 18.2 Å². The van der Waals surface area contributed by atoms with Crippen molar-refractivity contribution < 1.29 is 37.7 Å². The maximum absolute atomic E-state index is 13.7. The molecule has 2 rings (SSSR count). The number of nitro groups is 1. The van der Waals surface area contributed by atoms with Crippen LogP contribution in [0.1, 0.15) is 40.7 Å². The van der Waals surface area contributed by atoms with Crippen molar-refractivity contribution in [2.24, 2.45) is 11.5 Å². The number of halogens is 3. The summed E-state index contributed by atoms with van der Waals surface area (Å²) < 4.78 is 41.0. The lowest BCUT2D eigenvalue weighted by molar-refractivity contribution is -0.384. The third-order valence-corrected chi connectivity index (χ3v) is 5.25. The van der Waals surface area contributed by atoms with E-state index in [1.165, 1.54) is 18.2 Å². The summed E-state index contributed by atoms with van der Waals surface area (Å²) in [5.41, 5.74) is 8.38. The Morgan fingerprint density at radius 1 is 1.14 bits per heavy atom. The molecule has 6 N–H and O–H groups in total. The van der Waals surface area contributed by atoms with Crippen LogP contribution in [0.25, 0.3) is 0 Å². The van der Waals surface area contributed by atoms with Crippen LogP contribution in [-0.2, 0) is 17.5 Å². The number of primary amides is 1. The molecule has 0 aliphatic rings. The summed E-state index contributed by atoms with van der Waals surface area (Å²) >= 11 is 0. The van der Waals surface area contributed by atoms with E-state index in [2.05, 4.69) is 0 Å². The van der Waals surface area contributed by atoms with Gasteiger partial charge in [0.15, 0.2) is 0 Å². The van der Waals surface area contributed by atoms with E-state index in [-0.39, 0.29) is 41.7 Å². The lowest BCUT2D eigenvalue weighted by atomic mass is 9.78. The Morgan fingerprint density at radius 3 is 2.40 bits per heavy atom. The number of non-ortho nitro benzene ring substituents is 1. The summed E-state index contributed by atoms with van der Waals surface area (Å²) in [6, 6.07) is 6.59. The van der Waals surface area contributed by atoms with Crippen molar-refractivity contribution in [3.8, 4) is 0 Å². The van der Waals surface area contributed by atoms with E-state index in [0.29, 0.717) is 12.5 Å². The van der Waals surface area contributed by atoms with Gasteiger partial charge in [-0.2, -0.15) is 13.2 Å². The predicted octanol–water partition coefficient (Wildman–Crippen LogP) is 0.919. The van der Waals surface area contributed by atoms with Crippen molar-refractivity contribution >= 4 is 30.1 Å². The molecule has 1 atom stereocenters. The van der Waals surface area contributed by atoms with E-state index in [0.717, 1.165) is 23.1 Å². The maximum atomic E-state index is 13.7. The molecule has 0 saturated carbocycles. The van der Waals surface area contributed by atoms with E-state index in [9.17, 15) is 42.9 Å². The van der Waals surface area contributed by atoms with E-state index in [4.69, 9.17) is 11.5 Å². The van der Waals surface area contributed by atoms with Crippen LogP contribution < -0.4 is 16.9 Å². The first kappa shape index (κ1) is 27.8. The first-order chi connectivity index (χ1) is 16.3. The Balaban J connectivity index is 2.37. The summed E-state index contributed by atoms with van der Waals surface area (Å²) in [4.78, 5) is 35.7. The Bertz CT molecular complexity index is 1080. The summed E-state index contributed by atoms with van der Waals surface area (Å²) in [5, 5.41) is 29.6. The van der Waals surface area contributed by atoms with Gasteiger partial charge < -0.3 is 26.4 Å². The number of benzene rings is 2. The van der Waals surface area contributed by atoms with Gasteiger partial charge in [0.05, 0.1) is 16.5 Å². The molecule has 0 heterocycles. The van der Waals surface area contributed by atoms with Crippen LogP contribution in [-0.4, -0.2) is 51.4 Å². The van der Waals surface area contributed by atoms with Gasteiger partial charge in [0.25, 0.3) is 11.6 Å². The minimum absolute atomic E-state index is 0.0469. The highest BCUT2D eigenvalue weighted by Crippen LogP contribution is 2.32. The van der Waals surface area contributed by atoms with Gasteiger partial charge >= 0.3 is 13.3 Å². The second kappa shape index (κ2) is 11.8. The zero-order chi connectivity index (χ0) is 26.3. The normalized spacial score (nSPS) is 12.2. The lowest BCUT2D eigenvalue weighted by Gasteiger charge is -2.25. The minimum atomic E-state index is -4.85. The van der Waals surface area contributed by atoms with Gasteiger partial charge in [0.1, 0.15) is 0 Å². The molecule has 0 unspecified atom stereocenters. The molecule has 2 amide bonds. The Morgan fingerprint density at radius 2 is 1.83 bits per heavy atom. The molecule has 0 aromatic heterocycles. The van der Waals surface area contributed by atoms with E-state index >= 15 is 0 Å². The van der Waals surface area contributed by atoms with Crippen molar-refractivity contribution in [2.75, 3.05) is 6.54 Å². The average Bonchev–Trinajstić information content (AvgIpc) is 2.79. The molecule has 14 heteroatoms. The van der Waals surface area contributed by atoms with E-state index in [1.54, 1.807) is 0 Å². The molecule has 0 bridgehead atoms. The molecule has 188 valence electrons. The molecular weight excluding hydrogens is 472 g/mol. The molecule has 2 aromatic carbocycles. The lowest BCUT2D eigenvalue weighted by Crippen LogP contribution is -2.37. The van der Waals surface area contributed by atoms with Crippen LogP contribution in [0.2, 0.25) is 0 Å². The van der Waals surface area contributed by atoms with Gasteiger partial charge in [-0.15, -0.1) is 0 Å². The molecule has 10 nitrogen and oxygen atoms in total. The number of rotatable bonds is 11. The average molecular weight is 496 g/mol. The summed E-state index contributed by atoms with van der Waals surface area (Å²) in [7, 11) is -2.12. The third kappa shape index (κ3) is 7.77. The number of nitrogens with zero attached hydrogens (tertiary/aromatic N) is 2. The van der Waals surface area contributed by atoms with Crippen LogP contribution in [0.15, 0.2) is 42.5 Å². The molecule has 0 saturated heterocycles. The highest BCUT2D eigenvalue weighted by molar-refractivity contribution is 6.58. The van der Waals surface area contributed by atoms with E-state index in [1.807, 2.05) is 0 Å². The number of hydrogen-bond donors (Lipinski definition) is 4. The third-order valence-electron chi connectivity index (χ3n) is 5.25. The first-order valence-electron chi connectivity index (χ1n) is 10.5. The first-order valence-corrected chi connectivity index (χ1v) is 10.5. The zero-order valence-electron chi connectivity index (χ0n) is 18.4. The number of nitro benzene ring substituents is 1. The summed E-state index contributed by atoms with van der Waals surface area (Å²) in [5.74, 6) is -1.46. The Labute approximate surface area is 198 Å². The van der Waals surface area contributed by atoms with Crippen molar-refractivity contribution in [1.82, 2.24) is 4.90 Å². The fourth-order valence-corrected chi connectivity index (χ4v) is 3.36. The highest BCUT2D eigenvalue weighted by atomic mass is 19.4. The predicted molar refractivity (Wildman–Crippen MR) is 120 cm³/mol. The monoisotopic (exact) mass is 496 g/mol. The van der Waals surface area contributed by atoms with Gasteiger partial charge in [-0.3, -0.25) is 19.7 Å². The number of unbranched alkanes of at least 4 members (excludes halogenated alkanes) is 1. The zero-order valence-corrected chi connectivity index (χ0v) is 18.4. The quantitative estimate of drug-likeness (QED) is 0.155. The number of nitrogens with two attached hydrogens (primary N) is 2. The molecule has 0 radical (unpaired) electrons. The molecular formula is C21H24BF3N4O6. The molecule has 0 fully saturated rings. The van der Waals surface area contributed by atoms with Crippen LogP contribution in [0, 0.1) is 10.1 Å². The fraction of sp³-hybridized carbons (Fsp3) is 0.333. The highest BCUT2D eigenvalue weighted by Gasteiger charge is 2.35. The van der Waals surface area contributed by atoms with Crippen LogP contribution in [0.5, 0.6) is 0 Å². The standard InChI is InChI=1S/C21H24BF3N4O6/c23-21(24,25)17-11-15(22(32)33)8-7-14(17)12-28(9-2-1-6-18(26)19(27)30)20(31)13-4-3-5-16(10-13)29(34)35/h3-5,7-8,10-11,18,32-33H,1-2,6,9,12,26H2,(H2,27,30)/t18-/m0/s1. The van der Waals surface area contributed by atoms with Crippen LogP contribution in [0.4, 0.5) is 18.9 Å². The minimum Gasteiger partial charge on any atom is -0.423 e. The van der Waals surface area contributed by atoms with E-state index < -0.39 is 48.2 Å². The van der Waals surface area contributed by atoms with Crippen molar-refractivity contribution in [1.29, 1.82) is 0 Å². The molecule has 35 heavy (non-hydrogen) atoms. The van der Waals surface area contributed by atoms with Crippen LogP contribution >= 0.6 is 0 Å². The maximum Gasteiger partial charge on any atom is 0.488 e. The number of amides is 2. The smallest absolute Gasteiger partial charge is 0.423 e. The van der Waals surface area contributed by atoms with Crippen LogP contribution in [0.3, 0.4) is 0 Å². The summed E-state index contributed by atoms with van der Waals surface area (Å²) in [6.45, 7) is -0.561. The number of carbonyl (C=O) groups excluding carboxylic acids is 2.